The fourth-order valence-corrected chi connectivity index (χ4v) is 1.84. The largest absolute Gasteiger partial charge is 0.444 e. The number of carbonyl (C=O) groups is 1. The molecule has 126 valence electrons. The van der Waals surface area contributed by atoms with E-state index in [1.807, 2.05) is 77.2 Å². The maximum atomic E-state index is 11.5. The topological polar surface area (TPSA) is 56.1 Å². The van der Waals surface area contributed by atoms with Gasteiger partial charge in [0.2, 0.25) is 0 Å². The fourth-order valence-electron chi connectivity index (χ4n) is 1.84. The molecule has 0 fully saturated rings. The number of carbonyl (C=O) groups excluding carboxylic acids is 1. The van der Waals surface area contributed by atoms with Crippen molar-refractivity contribution in [2.75, 3.05) is 6.54 Å². The molecule has 23 heavy (non-hydrogen) atoms. The number of amides is 1. The molecule has 5 nitrogen and oxygen atoms in total. The molecule has 0 saturated heterocycles. The Hall–Kier alpha value is -2.30. The SMILES string of the molecule is CC.CC(C)(C)OC(=O)NCCn1ccc(-c2ccccc2)n1. The predicted molar refractivity (Wildman–Crippen MR) is 93.2 cm³/mol. The van der Waals surface area contributed by atoms with Crippen molar-refractivity contribution in [3.05, 3.63) is 42.6 Å². The van der Waals surface area contributed by atoms with Crippen molar-refractivity contribution >= 4 is 6.09 Å². The number of hydrogen-bond donors (Lipinski definition) is 1. The Morgan fingerprint density at radius 1 is 1.17 bits per heavy atom. The van der Waals surface area contributed by atoms with Gasteiger partial charge in [-0.15, -0.1) is 0 Å². The standard InChI is InChI=1S/C16H21N3O2.C2H6/c1-16(2,3)21-15(20)17-10-12-19-11-9-14(18-19)13-7-5-4-6-8-13;1-2/h4-9,11H,10,12H2,1-3H3,(H,17,20);1-2H3. The average molecular weight is 317 g/mol. The van der Waals surface area contributed by atoms with Crippen LogP contribution in [0.4, 0.5) is 4.79 Å². The highest BCUT2D eigenvalue weighted by atomic mass is 16.6. The van der Waals surface area contributed by atoms with Crippen LogP contribution in [0.5, 0.6) is 0 Å². The summed E-state index contributed by atoms with van der Waals surface area (Å²) in [5.74, 6) is 0. The summed E-state index contributed by atoms with van der Waals surface area (Å²) in [7, 11) is 0. The zero-order chi connectivity index (χ0) is 17.3. The molecule has 0 aliphatic carbocycles. The Labute approximate surface area is 138 Å². The van der Waals surface area contributed by atoms with Crippen molar-refractivity contribution in [3.8, 4) is 11.3 Å². The number of hydrogen-bond acceptors (Lipinski definition) is 3. The molecule has 5 heteroatoms. The molecule has 1 N–H and O–H groups in total. The maximum Gasteiger partial charge on any atom is 0.407 e. The van der Waals surface area contributed by atoms with Crippen LogP contribution in [0.3, 0.4) is 0 Å². The molecule has 0 aliphatic heterocycles. The van der Waals surface area contributed by atoms with Crippen LogP contribution >= 0.6 is 0 Å². The van der Waals surface area contributed by atoms with E-state index in [1.165, 1.54) is 0 Å². The Bertz CT molecular complexity index is 586. The Morgan fingerprint density at radius 3 is 2.43 bits per heavy atom. The van der Waals surface area contributed by atoms with E-state index in [2.05, 4.69) is 10.4 Å². The minimum atomic E-state index is -0.476. The van der Waals surface area contributed by atoms with Crippen LogP contribution in [0, 0.1) is 0 Å². The van der Waals surface area contributed by atoms with Gasteiger partial charge in [0.1, 0.15) is 5.60 Å². The molecular weight excluding hydrogens is 290 g/mol. The van der Waals surface area contributed by atoms with Crippen LogP contribution in [0.25, 0.3) is 11.3 Å². The number of rotatable bonds is 4. The summed E-state index contributed by atoms with van der Waals surface area (Å²) >= 11 is 0. The molecule has 1 aromatic heterocycles. The zero-order valence-electron chi connectivity index (χ0n) is 14.7. The van der Waals surface area contributed by atoms with Crippen molar-refractivity contribution in [2.45, 2.75) is 46.8 Å². The summed E-state index contributed by atoms with van der Waals surface area (Å²) in [5.41, 5.74) is 1.53. The predicted octanol–water partition coefficient (Wildman–Crippen LogP) is 4.10. The molecule has 0 radical (unpaired) electrons. The van der Waals surface area contributed by atoms with Crippen LogP contribution in [0.15, 0.2) is 42.6 Å². The lowest BCUT2D eigenvalue weighted by Gasteiger charge is -2.19. The minimum Gasteiger partial charge on any atom is -0.444 e. The van der Waals surface area contributed by atoms with Gasteiger partial charge in [-0.1, -0.05) is 44.2 Å². The quantitative estimate of drug-likeness (QED) is 0.923. The number of nitrogens with one attached hydrogen (secondary N) is 1. The smallest absolute Gasteiger partial charge is 0.407 e. The van der Waals surface area contributed by atoms with Gasteiger partial charge in [0, 0.05) is 18.3 Å². The van der Waals surface area contributed by atoms with Crippen molar-refractivity contribution < 1.29 is 9.53 Å². The van der Waals surface area contributed by atoms with Gasteiger partial charge in [0.15, 0.2) is 0 Å². The third-order valence-corrected chi connectivity index (χ3v) is 2.72. The van der Waals surface area contributed by atoms with Crippen LogP contribution < -0.4 is 5.32 Å². The average Bonchev–Trinajstić information content (AvgIpc) is 2.97. The first-order valence-electron chi connectivity index (χ1n) is 8.00. The molecule has 0 spiro atoms. The molecule has 1 amide bonds. The Balaban J connectivity index is 0.00000127. The van der Waals surface area contributed by atoms with E-state index in [0.717, 1.165) is 11.3 Å². The van der Waals surface area contributed by atoms with Crippen LogP contribution in [-0.4, -0.2) is 28.0 Å². The summed E-state index contributed by atoms with van der Waals surface area (Å²) in [6.07, 6.45) is 1.50. The highest BCUT2D eigenvalue weighted by molar-refractivity contribution is 5.67. The molecule has 0 aliphatic rings. The van der Waals surface area contributed by atoms with Gasteiger partial charge in [-0.3, -0.25) is 4.68 Å². The van der Waals surface area contributed by atoms with Crippen LogP contribution in [-0.2, 0) is 11.3 Å². The van der Waals surface area contributed by atoms with E-state index in [-0.39, 0.29) is 0 Å². The van der Waals surface area contributed by atoms with E-state index in [4.69, 9.17) is 4.74 Å². The van der Waals surface area contributed by atoms with E-state index in [9.17, 15) is 4.79 Å². The van der Waals surface area contributed by atoms with Gasteiger partial charge < -0.3 is 10.1 Å². The summed E-state index contributed by atoms with van der Waals surface area (Å²) in [6.45, 7) is 10.6. The summed E-state index contributed by atoms with van der Waals surface area (Å²) < 4.78 is 6.98. The van der Waals surface area contributed by atoms with Gasteiger partial charge in [-0.25, -0.2) is 4.79 Å². The third-order valence-electron chi connectivity index (χ3n) is 2.72. The zero-order valence-corrected chi connectivity index (χ0v) is 14.7. The lowest BCUT2D eigenvalue weighted by atomic mass is 10.2. The second-order valence-electron chi connectivity index (χ2n) is 5.76. The van der Waals surface area contributed by atoms with E-state index >= 15 is 0 Å². The first-order valence-corrected chi connectivity index (χ1v) is 8.00. The molecule has 2 aromatic rings. The summed E-state index contributed by atoms with van der Waals surface area (Å²) in [4.78, 5) is 11.5. The van der Waals surface area contributed by atoms with E-state index in [1.54, 1.807) is 4.68 Å². The Morgan fingerprint density at radius 2 is 1.83 bits per heavy atom. The Kier molecular flexibility index (Phi) is 7.32. The third kappa shape index (κ3) is 7.00. The van der Waals surface area contributed by atoms with Crippen LogP contribution in [0.1, 0.15) is 34.6 Å². The monoisotopic (exact) mass is 317 g/mol. The van der Waals surface area contributed by atoms with E-state index in [0.29, 0.717) is 13.1 Å². The van der Waals surface area contributed by atoms with Gasteiger partial charge in [-0.2, -0.15) is 5.10 Å². The molecule has 0 saturated carbocycles. The number of alkyl carbamates (subject to hydrolysis) is 1. The molecule has 0 atom stereocenters. The van der Waals surface area contributed by atoms with Crippen molar-refractivity contribution in [2.24, 2.45) is 0 Å². The summed E-state index contributed by atoms with van der Waals surface area (Å²) in [5, 5.41) is 7.19. The summed E-state index contributed by atoms with van der Waals surface area (Å²) in [6, 6.07) is 11.9. The number of benzene rings is 1. The van der Waals surface area contributed by atoms with Gasteiger partial charge in [0.05, 0.1) is 12.2 Å². The second kappa shape index (κ2) is 8.98. The second-order valence-corrected chi connectivity index (χ2v) is 5.76. The number of nitrogens with zero attached hydrogens (tertiary/aromatic N) is 2. The van der Waals surface area contributed by atoms with Crippen molar-refractivity contribution in [3.63, 3.8) is 0 Å². The maximum absolute atomic E-state index is 11.5. The van der Waals surface area contributed by atoms with E-state index < -0.39 is 11.7 Å². The molecule has 0 bridgehead atoms. The molecule has 1 aromatic carbocycles. The minimum absolute atomic E-state index is 0.405. The fraction of sp³-hybridized carbons (Fsp3) is 0.444. The molecule has 0 unspecified atom stereocenters. The van der Waals surface area contributed by atoms with Crippen LogP contribution in [0.2, 0.25) is 0 Å². The highest BCUT2D eigenvalue weighted by Gasteiger charge is 2.15. The highest BCUT2D eigenvalue weighted by Crippen LogP contribution is 2.15. The van der Waals surface area contributed by atoms with Gasteiger partial charge >= 0.3 is 6.09 Å². The first kappa shape index (κ1) is 18.7. The lowest BCUT2D eigenvalue weighted by molar-refractivity contribution is 0.0525. The van der Waals surface area contributed by atoms with Crippen molar-refractivity contribution in [1.82, 2.24) is 15.1 Å². The lowest BCUT2D eigenvalue weighted by Crippen LogP contribution is -2.34. The van der Waals surface area contributed by atoms with Gasteiger partial charge in [-0.05, 0) is 26.8 Å². The molecule has 2 rings (SSSR count). The number of aromatic nitrogens is 2. The number of ether oxygens (including phenoxy) is 1. The molecule has 1 heterocycles. The van der Waals surface area contributed by atoms with Gasteiger partial charge in [0.25, 0.3) is 0 Å². The van der Waals surface area contributed by atoms with Crippen molar-refractivity contribution in [1.29, 1.82) is 0 Å². The molecular formula is C18H27N3O2. The normalized spacial score (nSPS) is 10.5. The first-order chi connectivity index (χ1) is 10.9.